The molecule has 1 N–H and O–H groups in total. The molecule has 0 radical (unpaired) electrons. The molecular formula is C9H13F4NO3. The molecule has 17 heavy (non-hydrogen) atoms. The second-order valence-electron chi connectivity index (χ2n) is 3.17. The molecule has 4 nitrogen and oxygen atoms in total. The van der Waals surface area contributed by atoms with E-state index >= 15 is 0 Å². The normalized spacial score (nSPS) is 17.9. The summed E-state index contributed by atoms with van der Waals surface area (Å²) in [5.41, 5.74) is -4.44. The summed E-state index contributed by atoms with van der Waals surface area (Å²) in [5.74, 6) is -2.03. The first kappa shape index (κ1) is 15.9. The highest BCUT2D eigenvalue weighted by Crippen LogP contribution is 2.38. The lowest BCUT2D eigenvalue weighted by molar-refractivity contribution is -0.262. The van der Waals surface area contributed by atoms with E-state index in [0.29, 0.717) is 6.08 Å². The Kier molecular flexibility index (Phi) is 5.09. The number of aliphatic hydroxyl groups excluding tert-OH is 1. The van der Waals surface area contributed by atoms with Crippen LogP contribution in [0.3, 0.4) is 0 Å². The first-order valence-electron chi connectivity index (χ1n) is 4.51. The van der Waals surface area contributed by atoms with E-state index in [9.17, 15) is 22.4 Å². The summed E-state index contributed by atoms with van der Waals surface area (Å²) in [5, 5.41) is 9.20. The van der Waals surface area contributed by atoms with E-state index in [1.54, 1.807) is 0 Å². The Hall–Kier alpha value is -1.15. The average molecular weight is 259 g/mol. The molecule has 0 aromatic rings. The van der Waals surface area contributed by atoms with Crippen LogP contribution in [0.4, 0.5) is 17.6 Å². The van der Waals surface area contributed by atoms with Crippen molar-refractivity contribution in [2.75, 3.05) is 14.2 Å². The molecule has 0 aliphatic carbocycles. The molecule has 0 bridgehead atoms. The minimum absolute atomic E-state index is 0.0697. The number of allylic oxidation sites excluding steroid dienone is 1. The molecule has 0 aliphatic heterocycles. The Bertz CT molecular complexity index is 305. The number of aliphatic hydroxyl groups is 1. The summed E-state index contributed by atoms with van der Waals surface area (Å²) in [6.07, 6.45) is -6.66. The quantitative estimate of drug-likeness (QED) is 0.469. The maximum Gasteiger partial charge on any atom is 0.434 e. The summed E-state index contributed by atoms with van der Waals surface area (Å²) in [4.78, 5) is 15.5. The van der Waals surface area contributed by atoms with Gasteiger partial charge < -0.3 is 5.11 Å². The van der Waals surface area contributed by atoms with Crippen LogP contribution in [0.2, 0.25) is 0 Å². The van der Waals surface area contributed by atoms with Crippen molar-refractivity contribution < 1.29 is 32.3 Å². The SMILES string of the molecule is C/C=C/[C@H](O)[C@@](F)(C(=O)N(C)OC)C(F)(F)F. The van der Waals surface area contributed by atoms with Crippen molar-refractivity contribution in [1.82, 2.24) is 5.06 Å². The number of hydrogen-bond acceptors (Lipinski definition) is 3. The van der Waals surface area contributed by atoms with Gasteiger partial charge in [0, 0.05) is 7.05 Å². The van der Waals surface area contributed by atoms with Crippen LogP contribution in [-0.4, -0.2) is 48.2 Å². The molecule has 0 aromatic heterocycles. The first-order valence-corrected chi connectivity index (χ1v) is 4.51. The van der Waals surface area contributed by atoms with Crippen LogP contribution in [0, 0.1) is 0 Å². The average Bonchev–Trinajstić information content (AvgIpc) is 2.24. The maximum atomic E-state index is 13.8. The highest BCUT2D eigenvalue weighted by Gasteiger charge is 2.66. The smallest absolute Gasteiger partial charge is 0.385 e. The molecule has 0 rings (SSSR count). The predicted octanol–water partition coefficient (Wildman–Crippen LogP) is 1.21. The van der Waals surface area contributed by atoms with E-state index < -0.39 is 23.9 Å². The Morgan fingerprint density at radius 2 is 1.88 bits per heavy atom. The van der Waals surface area contributed by atoms with Gasteiger partial charge in [0.05, 0.1) is 7.11 Å². The number of carbonyl (C=O) groups is 1. The summed E-state index contributed by atoms with van der Waals surface area (Å²) in [7, 11) is 1.71. The van der Waals surface area contributed by atoms with Crippen molar-refractivity contribution in [3.05, 3.63) is 12.2 Å². The molecule has 0 spiro atoms. The molecule has 0 aliphatic rings. The summed E-state index contributed by atoms with van der Waals surface area (Å²) < 4.78 is 51.5. The molecule has 100 valence electrons. The van der Waals surface area contributed by atoms with Gasteiger partial charge in [-0.2, -0.15) is 13.2 Å². The Morgan fingerprint density at radius 3 is 2.18 bits per heavy atom. The van der Waals surface area contributed by atoms with Crippen LogP contribution in [0.5, 0.6) is 0 Å². The van der Waals surface area contributed by atoms with Gasteiger partial charge in [0.1, 0.15) is 6.10 Å². The van der Waals surface area contributed by atoms with Gasteiger partial charge in [0.2, 0.25) is 0 Å². The van der Waals surface area contributed by atoms with Gasteiger partial charge in [-0.25, -0.2) is 9.45 Å². The largest absolute Gasteiger partial charge is 0.434 e. The summed E-state index contributed by atoms with van der Waals surface area (Å²) >= 11 is 0. The topological polar surface area (TPSA) is 49.8 Å². The van der Waals surface area contributed by atoms with Gasteiger partial charge in [0.25, 0.3) is 5.91 Å². The third-order valence-electron chi connectivity index (χ3n) is 2.07. The number of rotatable bonds is 4. The van der Waals surface area contributed by atoms with Crippen LogP contribution < -0.4 is 0 Å². The number of carbonyl (C=O) groups excluding carboxylic acids is 1. The van der Waals surface area contributed by atoms with Gasteiger partial charge in [0.15, 0.2) is 0 Å². The standard InChI is InChI=1S/C9H13F4NO3/c1-4-5-6(15)8(10,9(11,12)13)7(16)14(2)17-3/h4-6,15H,1-3H3/b5-4+/t6-,8+/m0/s1. The lowest BCUT2D eigenvalue weighted by Gasteiger charge is -2.31. The van der Waals surface area contributed by atoms with Gasteiger partial charge >= 0.3 is 11.8 Å². The highest BCUT2D eigenvalue weighted by atomic mass is 19.4. The Morgan fingerprint density at radius 1 is 1.41 bits per heavy atom. The number of halogens is 4. The molecule has 0 saturated heterocycles. The van der Waals surface area contributed by atoms with Crippen molar-refractivity contribution in [2.24, 2.45) is 0 Å². The molecular weight excluding hydrogens is 246 g/mol. The zero-order valence-electron chi connectivity index (χ0n) is 9.45. The van der Waals surface area contributed by atoms with E-state index in [0.717, 1.165) is 20.2 Å². The van der Waals surface area contributed by atoms with E-state index in [2.05, 4.69) is 4.84 Å². The van der Waals surface area contributed by atoms with Crippen molar-refractivity contribution in [3.63, 3.8) is 0 Å². The number of alkyl halides is 4. The lowest BCUT2D eigenvalue weighted by atomic mass is 9.96. The molecule has 0 heterocycles. The number of nitrogens with zero attached hydrogens (tertiary/aromatic N) is 1. The molecule has 0 fully saturated rings. The fourth-order valence-electron chi connectivity index (χ4n) is 1.04. The van der Waals surface area contributed by atoms with Crippen molar-refractivity contribution in [3.8, 4) is 0 Å². The monoisotopic (exact) mass is 259 g/mol. The first-order chi connectivity index (χ1) is 7.62. The van der Waals surface area contributed by atoms with E-state index in [1.165, 1.54) is 6.92 Å². The predicted molar refractivity (Wildman–Crippen MR) is 50.5 cm³/mol. The molecule has 0 saturated carbocycles. The van der Waals surface area contributed by atoms with Crippen molar-refractivity contribution in [1.29, 1.82) is 0 Å². The summed E-state index contributed by atoms with van der Waals surface area (Å²) in [6.45, 7) is 1.28. The molecule has 1 amide bonds. The van der Waals surface area contributed by atoms with Crippen LogP contribution in [0.1, 0.15) is 6.92 Å². The van der Waals surface area contributed by atoms with Gasteiger partial charge in [-0.05, 0) is 6.92 Å². The van der Waals surface area contributed by atoms with Crippen LogP contribution in [0.25, 0.3) is 0 Å². The number of hydrogen-bond donors (Lipinski definition) is 1. The van der Waals surface area contributed by atoms with Gasteiger partial charge in [-0.1, -0.05) is 12.2 Å². The van der Waals surface area contributed by atoms with Crippen LogP contribution in [-0.2, 0) is 9.63 Å². The maximum absolute atomic E-state index is 13.8. The number of amides is 1. The molecule has 8 heteroatoms. The minimum Gasteiger partial charge on any atom is -0.385 e. The molecule has 0 aromatic carbocycles. The third kappa shape index (κ3) is 2.95. The fraction of sp³-hybridized carbons (Fsp3) is 0.667. The van der Waals surface area contributed by atoms with E-state index in [-0.39, 0.29) is 5.06 Å². The van der Waals surface area contributed by atoms with Gasteiger partial charge in [-0.15, -0.1) is 0 Å². The van der Waals surface area contributed by atoms with Gasteiger partial charge in [-0.3, -0.25) is 9.63 Å². The lowest BCUT2D eigenvalue weighted by Crippen LogP contribution is -2.60. The molecule has 2 atom stereocenters. The minimum atomic E-state index is -5.56. The van der Waals surface area contributed by atoms with E-state index in [1.807, 2.05) is 0 Å². The third-order valence-corrected chi connectivity index (χ3v) is 2.07. The zero-order chi connectivity index (χ0) is 13.9. The van der Waals surface area contributed by atoms with Crippen molar-refractivity contribution in [2.45, 2.75) is 24.9 Å². The fourth-order valence-corrected chi connectivity index (χ4v) is 1.04. The second kappa shape index (κ2) is 5.46. The summed E-state index contributed by atoms with van der Waals surface area (Å²) in [6, 6.07) is 0. The highest BCUT2D eigenvalue weighted by molar-refractivity contribution is 5.86. The van der Waals surface area contributed by atoms with Crippen LogP contribution in [0.15, 0.2) is 12.2 Å². The second-order valence-corrected chi connectivity index (χ2v) is 3.17. The van der Waals surface area contributed by atoms with E-state index in [4.69, 9.17) is 5.11 Å². The van der Waals surface area contributed by atoms with Crippen LogP contribution >= 0.6 is 0 Å². The Balaban J connectivity index is 5.48. The van der Waals surface area contributed by atoms with Crippen molar-refractivity contribution >= 4 is 5.91 Å². The Labute approximate surface area is 95.4 Å². The molecule has 0 unspecified atom stereocenters. The zero-order valence-corrected chi connectivity index (χ0v) is 9.45. The number of hydroxylamine groups is 2.